The quantitative estimate of drug-likeness (QED) is 0.572. The molecule has 0 bridgehead atoms. The highest BCUT2D eigenvalue weighted by molar-refractivity contribution is 5.67. The molecule has 0 N–H and O–H groups in total. The van der Waals surface area contributed by atoms with E-state index in [2.05, 4.69) is 121 Å². The molecule has 0 aliphatic carbocycles. The van der Waals surface area contributed by atoms with Gasteiger partial charge in [0.05, 0.1) is 0 Å². The third kappa shape index (κ3) is 2.93. The topological polar surface area (TPSA) is 11.4 Å². The van der Waals surface area contributed by atoms with Crippen molar-refractivity contribution in [2.24, 2.45) is 13.0 Å². The molecule has 1 aliphatic heterocycles. The van der Waals surface area contributed by atoms with Crippen molar-refractivity contribution in [3.63, 3.8) is 0 Å². The second kappa shape index (κ2) is 6.99. The molecular weight excluding hydrogens is 330 g/mol. The molecule has 0 fully saturated rings. The van der Waals surface area contributed by atoms with E-state index in [9.17, 15) is 0 Å². The fraction of sp³-hybridized carbons (Fsp3) is 0.250. The lowest BCUT2D eigenvalue weighted by atomic mass is 10.1. The zero-order valence-electron chi connectivity index (χ0n) is 16.5. The first-order valence-electron chi connectivity index (χ1n) is 9.60. The van der Waals surface area contributed by atoms with E-state index < -0.39 is 0 Å². The van der Waals surface area contributed by atoms with E-state index in [1.54, 1.807) is 0 Å². The van der Waals surface area contributed by atoms with E-state index in [0.717, 1.165) is 0 Å². The molecule has 2 heterocycles. The normalized spacial score (nSPS) is 17.3. The Balaban J connectivity index is 1.96. The second-order valence-corrected chi connectivity index (χ2v) is 7.46. The monoisotopic (exact) mass is 357 g/mol. The van der Waals surface area contributed by atoms with Gasteiger partial charge in [-0.15, -0.1) is 0 Å². The summed E-state index contributed by atoms with van der Waals surface area (Å²) in [6.45, 7) is 6.82. The van der Waals surface area contributed by atoms with Gasteiger partial charge in [-0.2, -0.15) is 0 Å². The molecule has 1 aliphatic rings. The molecule has 0 spiro atoms. The average Bonchev–Trinajstić information content (AvgIpc) is 3.23. The van der Waals surface area contributed by atoms with E-state index in [1.165, 1.54) is 28.5 Å². The van der Waals surface area contributed by atoms with Crippen LogP contribution < -0.4 is 9.80 Å². The molecule has 3 heteroatoms. The number of rotatable bonds is 4. The largest absolute Gasteiger partial charge is 0.337 e. The molecule has 4 rings (SSSR count). The van der Waals surface area contributed by atoms with Crippen molar-refractivity contribution in [1.82, 2.24) is 4.57 Å². The first kappa shape index (κ1) is 17.5. The number of aromatic nitrogens is 1. The van der Waals surface area contributed by atoms with Gasteiger partial charge in [0.15, 0.2) is 0 Å². The fourth-order valence-electron chi connectivity index (χ4n) is 4.22. The minimum atomic E-state index is 0.0969. The summed E-state index contributed by atoms with van der Waals surface area (Å²) in [7, 11) is 2.12. The predicted octanol–water partition coefficient (Wildman–Crippen LogP) is 5.94. The fourth-order valence-corrected chi connectivity index (χ4v) is 4.22. The van der Waals surface area contributed by atoms with Crippen LogP contribution in [0.5, 0.6) is 0 Å². The molecule has 0 amide bonds. The summed E-state index contributed by atoms with van der Waals surface area (Å²) >= 11 is 0. The van der Waals surface area contributed by atoms with Crippen LogP contribution in [0.15, 0.2) is 90.4 Å². The van der Waals surface area contributed by atoms with Gasteiger partial charge in [0, 0.05) is 30.3 Å². The molecule has 0 radical (unpaired) electrons. The molecule has 1 atom stereocenters. The second-order valence-electron chi connectivity index (χ2n) is 7.46. The summed E-state index contributed by atoms with van der Waals surface area (Å²) in [4.78, 5) is 4.97. The summed E-state index contributed by atoms with van der Waals surface area (Å²) in [5.41, 5.74) is 5.20. The average molecular weight is 358 g/mol. The van der Waals surface area contributed by atoms with Crippen LogP contribution in [-0.4, -0.2) is 4.57 Å². The molecule has 2 aromatic carbocycles. The molecule has 0 saturated heterocycles. The van der Waals surface area contributed by atoms with E-state index in [1.807, 2.05) is 0 Å². The Hall–Kier alpha value is -2.94. The van der Waals surface area contributed by atoms with Gasteiger partial charge >= 0.3 is 0 Å². The van der Waals surface area contributed by atoms with Crippen molar-refractivity contribution < 1.29 is 0 Å². The van der Waals surface area contributed by atoms with Gasteiger partial charge in [-0.1, -0.05) is 62.4 Å². The maximum Gasteiger partial charge on any atom is 0.138 e. The Morgan fingerprint density at radius 1 is 0.778 bits per heavy atom. The minimum absolute atomic E-state index is 0.0969. The number of anilines is 2. The van der Waals surface area contributed by atoms with Gasteiger partial charge in [0.2, 0.25) is 0 Å². The molecule has 0 saturated carbocycles. The summed E-state index contributed by atoms with van der Waals surface area (Å²) in [5.74, 6) is 1.62. The maximum atomic E-state index is 2.50. The lowest BCUT2D eigenvalue weighted by Crippen LogP contribution is -2.34. The van der Waals surface area contributed by atoms with E-state index in [-0.39, 0.29) is 6.17 Å². The number of hydrogen-bond acceptors (Lipinski definition) is 2. The smallest absolute Gasteiger partial charge is 0.138 e. The van der Waals surface area contributed by atoms with Crippen LogP contribution in [0.1, 0.15) is 32.5 Å². The number of allylic oxidation sites excluding steroid dienone is 2. The van der Waals surface area contributed by atoms with Crippen LogP contribution in [0, 0.1) is 5.92 Å². The Bertz CT molecular complexity index is 938. The van der Waals surface area contributed by atoms with E-state index in [4.69, 9.17) is 0 Å². The number of aryl methyl sites for hydroxylation is 1. The van der Waals surface area contributed by atoms with Crippen molar-refractivity contribution >= 4 is 11.5 Å². The highest BCUT2D eigenvalue weighted by atomic mass is 15.4. The molecular formula is C24H27N3. The van der Waals surface area contributed by atoms with Crippen molar-refractivity contribution in [3.8, 4) is 0 Å². The molecule has 1 unspecified atom stereocenters. The van der Waals surface area contributed by atoms with Gasteiger partial charge in [-0.05, 0) is 42.7 Å². The van der Waals surface area contributed by atoms with Gasteiger partial charge in [0.1, 0.15) is 12.0 Å². The summed E-state index contributed by atoms with van der Waals surface area (Å²) < 4.78 is 2.20. The third-order valence-corrected chi connectivity index (χ3v) is 5.32. The number of para-hydroxylation sites is 1. The van der Waals surface area contributed by atoms with Crippen LogP contribution in [-0.2, 0) is 7.05 Å². The standard InChI is InChI=1S/C24H27N3/c1-18(2)23-19(3)26(22-16-11-17-25(22)4)24(20-12-7-5-8-13-20)27(23)21-14-9-6-10-15-21/h5-18,24H,1-4H3. The van der Waals surface area contributed by atoms with Gasteiger partial charge in [-0.25, -0.2) is 0 Å². The number of nitrogens with zero attached hydrogens (tertiary/aromatic N) is 3. The van der Waals surface area contributed by atoms with Crippen LogP contribution in [0.4, 0.5) is 11.5 Å². The van der Waals surface area contributed by atoms with Crippen LogP contribution in [0.3, 0.4) is 0 Å². The Labute approximate surface area is 162 Å². The minimum Gasteiger partial charge on any atom is -0.337 e. The first-order valence-corrected chi connectivity index (χ1v) is 9.60. The van der Waals surface area contributed by atoms with Crippen molar-refractivity contribution in [2.45, 2.75) is 26.9 Å². The highest BCUT2D eigenvalue weighted by Gasteiger charge is 2.40. The number of hydrogen-bond donors (Lipinski definition) is 0. The van der Waals surface area contributed by atoms with Gasteiger partial charge in [-0.3, -0.25) is 0 Å². The number of benzene rings is 2. The van der Waals surface area contributed by atoms with Crippen molar-refractivity contribution in [1.29, 1.82) is 0 Å². The third-order valence-electron chi connectivity index (χ3n) is 5.32. The zero-order chi connectivity index (χ0) is 19.0. The summed E-state index contributed by atoms with van der Waals surface area (Å²) in [6.07, 6.45) is 2.21. The lowest BCUT2D eigenvalue weighted by molar-refractivity contribution is 0.655. The Morgan fingerprint density at radius 2 is 1.41 bits per heavy atom. The first-order chi connectivity index (χ1) is 13.1. The molecule has 138 valence electrons. The van der Waals surface area contributed by atoms with Crippen molar-refractivity contribution in [3.05, 3.63) is 96.0 Å². The van der Waals surface area contributed by atoms with Crippen molar-refractivity contribution in [2.75, 3.05) is 9.80 Å². The molecule has 27 heavy (non-hydrogen) atoms. The van der Waals surface area contributed by atoms with Gasteiger partial charge < -0.3 is 14.4 Å². The predicted molar refractivity (Wildman–Crippen MR) is 114 cm³/mol. The van der Waals surface area contributed by atoms with Crippen LogP contribution in [0.25, 0.3) is 0 Å². The molecule has 3 aromatic rings. The maximum absolute atomic E-state index is 2.50. The molecule has 3 nitrogen and oxygen atoms in total. The SMILES string of the molecule is CC1=C(C(C)C)N(c2ccccc2)C(c2ccccc2)N1c1cccn1C. The Kier molecular flexibility index (Phi) is 4.53. The van der Waals surface area contributed by atoms with E-state index >= 15 is 0 Å². The van der Waals surface area contributed by atoms with Crippen LogP contribution >= 0.6 is 0 Å². The zero-order valence-corrected chi connectivity index (χ0v) is 16.5. The highest BCUT2D eigenvalue weighted by Crippen LogP contribution is 2.47. The summed E-state index contributed by atoms with van der Waals surface area (Å²) in [5, 5.41) is 0. The van der Waals surface area contributed by atoms with Crippen LogP contribution in [0.2, 0.25) is 0 Å². The lowest BCUT2D eigenvalue weighted by Gasteiger charge is -2.36. The molecule has 1 aromatic heterocycles. The summed E-state index contributed by atoms with van der Waals surface area (Å²) in [6, 6.07) is 25.9. The van der Waals surface area contributed by atoms with Gasteiger partial charge in [0.25, 0.3) is 0 Å². The Morgan fingerprint density at radius 3 is 1.96 bits per heavy atom. The van der Waals surface area contributed by atoms with E-state index in [0.29, 0.717) is 5.92 Å².